The molecule has 152 valence electrons. The Morgan fingerprint density at radius 1 is 1.18 bits per heavy atom. The number of carbonyl (C=O) groups excluding carboxylic acids is 1. The molecule has 0 unspecified atom stereocenters. The number of rotatable bonds is 7. The summed E-state index contributed by atoms with van der Waals surface area (Å²) >= 11 is 6.12. The zero-order valence-electron chi connectivity index (χ0n) is 16.4. The standard InChI is InChI=1S/C19H23ClN2O5S/c1-6-28(24,25)22(3)16-11-18(27-5)17(26-4)10-13(16)19(23)21-15-9-7-8-14(20)12(15)2/h7-11H,6H2,1-5H3,(H,21,23). The van der Waals surface area contributed by atoms with Crippen molar-refractivity contribution in [3.05, 3.63) is 46.5 Å². The summed E-state index contributed by atoms with van der Waals surface area (Å²) in [6.07, 6.45) is 0. The van der Waals surface area contributed by atoms with E-state index in [1.165, 1.54) is 40.3 Å². The predicted molar refractivity (Wildman–Crippen MR) is 112 cm³/mol. The molecule has 0 spiro atoms. The number of benzene rings is 2. The first-order valence-corrected chi connectivity index (χ1v) is 10.4. The van der Waals surface area contributed by atoms with Gasteiger partial charge in [-0.2, -0.15) is 0 Å². The molecule has 2 aromatic rings. The summed E-state index contributed by atoms with van der Waals surface area (Å²) in [4.78, 5) is 13.0. The molecule has 0 aromatic heterocycles. The van der Waals surface area contributed by atoms with Crippen molar-refractivity contribution in [2.75, 3.05) is 36.6 Å². The SMILES string of the molecule is CCS(=O)(=O)N(C)c1cc(OC)c(OC)cc1C(=O)Nc1cccc(Cl)c1C. The third kappa shape index (κ3) is 4.34. The van der Waals surface area contributed by atoms with E-state index in [-0.39, 0.29) is 17.0 Å². The van der Waals surface area contributed by atoms with Crippen molar-refractivity contribution >= 4 is 38.9 Å². The molecule has 2 rings (SSSR count). The Hall–Kier alpha value is -2.45. The van der Waals surface area contributed by atoms with Gasteiger partial charge in [0.15, 0.2) is 11.5 Å². The molecule has 0 saturated carbocycles. The average molecular weight is 427 g/mol. The molecule has 1 amide bonds. The third-order valence-electron chi connectivity index (χ3n) is 4.38. The average Bonchev–Trinajstić information content (AvgIpc) is 2.69. The second kappa shape index (κ2) is 8.70. The first-order chi connectivity index (χ1) is 13.2. The number of methoxy groups -OCH3 is 2. The van der Waals surface area contributed by atoms with Gasteiger partial charge in [0.05, 0.1) is 31.2 Å². The van der Waals surface area contributed by atoms with Crippen LogP contribution >= 0.6 is 11.6 Å². The number of anilines is 2. The molecule has 1 N–H and O–H groups in total. The first kappa shape index (κ1) is 21.8. The highest BCUT2D eigenvalue weighted by Gasteiger charge is 2.25. The van der Waals surface area contributed by atoms with Crippen molar-refractivity contribution in [1.82, 2.24) is 0 Å². The minimum absolute atomic E-state index is 0.119. The molecule has 0 aliphatic heterocycles. The number of ether oxygens (including phenoxy) is 2. The van der Waals surface area contributed by atoms with Crippen LogP contribution < -0.4 is 19.1 Å². The molecule has 0 aliphatic rings. The van der Waals surface area contributed by atoms with Crippen LogP contribution in [0, 0.1) is 6.92 Å². The third-order valence-corrected chi connectivity index (χ3v) is 6.55. The lowest BCUT2D eigenvalue weighted by Gasteiger charge is -2.23. The fourth-order valence-corrected chi connectivity index (χ4v) is 3.60. The highest BCUT2D eigenvalue weighted by atomic mass is 35.5. The molecule has 28 heavy (non-hydrogen) atoms. The van der Waals surface area contributed by atoms with E-state index in [2.05, 4.69) is 5.32 Å². The number of nitrogens with zero attached hydrogens (tertiary/aromatic N) is 1. The Bertz CT molecular complexity index is 992. The molecule has 0 saturated heterocycles. The lowest BCUT2D eigenvalue weighted by atomic mass is 10.1. The topological polar surface area (TPSA) is 84.9 Å². The Labute approximate surface area is 170 Å². The van der Waals surface area contributed by atoms with Crippen molar-refractivity contribution < 1.29 is 22.7 Å². The fraction of sp³-hybridized carbons (Fsp3) is 0.316. The summed E-state index contributed by atoms with van der Waals surface area (Å²) in [5, 5.41) is 3.29. The van der Waals surface area contributed by atoms with Crippen LogP contribution in [-0.2, 0) is 10.0 Å². The van der Waals surface area contributed by atoms with Crippen LogP contribution in [0.5, 0.6) is 11.5 Å². The molecular weight excluding hydrogens is 404 g/mol. The van der Waals surface area contributed by atoms with Gasteiger partial charge in [0.25, 0.3) is 5.91 Å². The van der Waals surface area contributed by atoms with Crippen molar-refractivity contribution in [3.8, 4) is 11.5 Å². The van der Waals surface area contributed by atoms with E-state index in [1.54, 1.807) is 25.1 Å². The zero-order chi connectivity index (χ0) is 21.1. The molecule has 0 aliphatic carbocycles. The van der Waals surface area contributed by atoms with Crippen LogP contribution in [0.25, 0.3) is 0 Å². The molecule has 0 fully saturated rings. The maximum atomic E-state index is 13.0. The van der Waals surface area contributed by atoms with Gasteiger partial charge >= 0.3 is 0 Å². The minimum atomic E-state index is -3.60. The maximum Gasteiger partial charge on any atom is 0.257 e. The van der Waals surface area contributed by atoms with Crippen LogP contribution in [0.4, 0.5) is 11.4 Å². The van der Waals surface area contributed by atoms with Gasteiger partial charge in [0, 0.05) is 23.8 Å². The van der Waals surface area contributed by atoms with Crippen LogP contribution in [0.1, 0.15) is 22.8 Å². The van der Waals surface area contributed by atoms with E-state index in [0.717, 1.165) is 4.31 Å². The summed E-state index contributed by atoms with van der Waals surface area (Å²) < 4.78 is 36.4. The number of halogens is 1. The summed E-state index contributed by atoms with van der Waals surface area (Å²) in [6.45, 7) is 3.31. The number of hydrogen-bond acceptors (Lipinski definition) is 5. The molecule has 9 heteroatoms. The maximum absolute atomic E-state index is 13.0. The second-order valence-corrected chi connectivity index (χ2v) is 8.66. The van der Waals surface area contributed by atoms with Crippen molar-refractivity contribution in [2.24, 2.45) is 0 Å². The van der Waals surface area contributed by atoms with E-state index in [4.69, 9.17) is 21.1 Å². The van der Waals surface area contributed by atoms with Gasteiger partial charge in [-0.05, 0) is 37.6 Å². The van der Waals surface area contributed by atoms with Crippen molar-refractivity contribution in [1.29, 1.82) is 0 Å². The van der Waals surface area contributed by atoms with Crippen LogP contribution in [-0.4, -0.2) is 41.3 Å². The second-order valence-electron chi connectivity index (χ2n) is 5.96. The molecule has 0 atom stereocenters. The molecule has 2 aromatic carbocycles. The summed E-state index contributed by atoms with van der Waals surface area (Å²) in [7, 11) is 0.660. The van der Waals surface area contributed by atoms with Crippen molar-refractivity contribution in [2.45, 2.75) is 13.8 Å². The first-order valence-electron chi connectivity index (χ1n) is 8.45. The summed E-state index contributed by atoms with van der Waals surface area (Å²) in [5.74, 6) is -0.00104. The molecule has 0 bridgehead atoms. The van der Waals surface area contributed by atoms with Crippen LogP contribution in [0.2, 0.25) is 5.02 Å². The quantitative estimate of drug-likeness (QED) is 0.729. The lowest BCUT2D eigenvalue weighted by Crippen LogP contribution is -2.30. The van der Waals surface area contributed by atoms with E-state index < -0.39 is 15.9 Å². The van der Waals surface area contributed by atoms with Gasteiger partial charge in [-0.3, -0.25) is 9.10 Å². The van der Waals surface area contributed by atoms with Gasteiger partial charge in [-0.25, -0.2) is 8.42 Å². The minimum Gasteiger partial charge on any atom is -0.493 e. The largest absolute Gasteiger partial charge is 0.493 e. The highest BCUT2D eigenvalue weighted by molar-refractivity contribution is 7.92. The summed E-state index contributed by atoms with van der Waals surface area (Å²) in [5.41, 5.74) is 1.53. The zero-order valence-corrected chi connectivity index (χ0v) is 17.9. The Morgan fingerprint density at radius 2 is 1.79 bits per heavy atom. The van der Waals surface area contributed by atoms with Crippen molar-refractivity contribution in [3.63, 3.8) is 0 Å². The number of sulfonamides is 1. The number of nitrogens with one attached hydrogen (secondary N) is 1. The number of carbonyl (C=O) groups is 1. The van der Waals surface area contributed by atoms with E-state index in [9.17, 15) is 13.2 Å². The van der Waals surface area contributed by atoms with Crippen LogP contribution in [0.15, 0.2) is 30.3 Å². The van der Waals surface area contributed by atoms with Crippen LogP contribution in [0.3, 0.4) is 0 Å². The Kier molecular flexibility index (Phi) is 6.79. The lowest BCUT2D eigenvalue weighted by molar-refractivity contribution is 0.102. The van der Waals surface area contributed by atoms with Gasteiger partial charge in [-0.1, -0.05) is 17.7 Å². The van der Waals surface area contributed by atoms with E-state index in [0.29, 0.717) is 27.8 Å². The fourth-order valence-electron chi connectivity index (χ4n) is 2.59. The van der Waals surface area contributed by atoms with Gasteiger partial charge < -0.3 is 14.8 Å². The smallest absolute Gasteiger partial charge is 0.257 e. The Morgan fingerprint density at radius 3 is 2.36 bits per heavy atom. The number of hydrogen-bond donors (Lipinski definition) is 1. The molecular formula is C19H23ClN2O5S. The highest BCUT2D eigenvalue weighted by Crippen LogP contribution is 2.36. The normalized spacial score (nSPS) is 11.1. The Balaban J connectivity index is 2.60. The van der Waals surface area contributed by atoms with Gasteiger partial charge in [0.1, 0.15) is 0 Å². The van der Waals surface area contributed by atoms with Gasteiger partial charge in [-0.15, -0.1) is 0 Å². The monoisotopic (exact) mass is 426 g/mol. The van der Waals surface area contributed by atoms with E-state index >= 15 is 0 Å². The molecule has 0 radical (unpaired) electrons. The molecule has 0 heterocycles. The van der Waals surface area contributed by atoms with E-state index in [1.807, 2.05) is 0 Å². The predicted octanol–water partition coefficient (Wildman–Crippen LogP) is 3.70. The van der Waals surface area contributed by atoms with Gasteiger partial charge in [0.2, 0.25) is 10.0 Å². The summed E-state index contributed by atoms with van der Waals surface area (Å²) in [6, 6.07) is 8.06. The molecule has 7 nitrogen and oxygen atoms in total. The number of amides is 1.